The minimum Gasteiger partial charge on any atom is -0.316 e. The smallest absolute Gasteiger partial charge is 0.271 e. The van der Waals surface area contributed by atoms with Gasteiger partial charge in [0.25, 0.3) is 5.69 Å². The molecule has 0 radical (unpaired) electrons. The molecule has 0 bridgehead atoms. The zero-order chi connectivity index (χ0) is 14.7. The van der Waals surface area contributed by atoms with Gasteiger partial charge < -0.3 is 5.32 Å². The highest BCUT2D eigenvalue weighted by molar-refractivity contribution is 7.99. The first-order chi connectivity index (χ1) is 10.2. The molecule has 0 amide bonds. The van der Waals surface area contributed by atoms with Crippen LogP contribution in [0.1, 0.15) is 12.8 Å². The molecule has 1 aromatic heterocycles. The summed E-state index contributed by atoms with van der Waals surface area (Å²) in [6, 6.07) is 4.59. The lowest BCUT2D eigenvalue weighted by molar-refractivity contribution is -0.384. The number of benzene rings is 1. The molecule has 1 aromatic carbocycles. The molecule has 1 N–H and O–H groups in total. The lowest BCUT2D eigenvalue weighted by atomic mass is 10.0. The monoisotopic (exact) mass is 304 g/mol. The maximum absolute atomic E-state index is 10.7. The molecule has 2 aromatic rings. The Bertz CT molecular complexity index is 658. The molecule has 110 valence electrons. The van der Waals surface area contributed by atoms with Gasteiger partial charge in [-0.3, -0.25) is 15.1 Å². The van der Waals surface area contributed by atoms with E-state index in [4.69, 9.17) is 0 Å². The molecule has 0 aliphatic carbocycles. The molecule has 0 unspecified atom stereocenters. The van der Waals surface area contributed by atoms with Crippen LogP contribution in [0.3, 0.4) is 0 Å². The minimum atomic E-state index is -0.417. The highest BCUT2D eigenvalue weighted by Gasteiger charge is 2.14. The second-order valence-corrected chi connectivity index (χ2v) is 6.20. The standard InChI is InChI=1S/C14H16N4O2S/c19-18(20)11-3-4-12-13(6-11)16-8-14(17-12)21-9-10-2-1-5-15-7-10/h3-4,6,8,10,15H,1-2,5,7,9H2/t10-/m0/s1. The fraction of sp³-hybridized carbons (Fsp3) is 0.429. The van der Waals surface area contributed by atoms with E-state index in [1.807, 2.05) is 0 Å². The summed E-state index contributed by atoms with van der Waals surface area (Å²) in [5.74, 6) is 1.71. The molecule has 0 saturated carbocycles. The first-order valence-corrected chi connectivity index (χ1v) is 7.95. The Labute approximate surface area is 126 Å². The van der Waals surface area contributed by atoms with Crippen LogP contribution in [0.5, 0.6) is 0 Å². The van der Waals surface area contributed by atoms with Crippen molar-refractivity contribution in [3.05, 3.63) is 34.5 Å². The molecule has 3 rings (SSSR count). The van der Waals surface area contributed by atoms with Crippen LogP contribution in [0.25, 0.3) is 11.0 Å². The summed E-state index contributed by atoms with van der Waals surface area (Å²) in [7, 11) is 0. The van der Waals surface area contributed by atoms with Crippen LogP contribution in [0.2, 0.25) is 0 Å². The molecule has 1 aliphatic heterocycles. The van der Waals surface area contributed by atoms with E-state index in [9.17, 15) is 10.1 Å². The molecule has 21 heavy (non-hydrogen) atoms. The number of nitro groups is 1. The van der Waals surface area contributed by atoms with Gasteiger partial charge >= 0.3 is 0 Å². The normalized spacial score (nSPS) is 18.8. The number of thioether (sulfide) groups is 1. The summed E-state index contributed by atoms with van der Waals surface area (Å²) in [5.41, 5.74) is 1.31. The summed E-state index contributed by atoms with van der Waals surface area (Å²) in [4.78, 5) is 19.1. The highest BCUT2D eigenvalue weighted by Crippen LogP contribution is 2.24. The lowest BCUT2D eigenvalue weighted by Gasteiger charge is -2.21. The molecular formula is C14H16N4O2S. The van der Waals surface area contributed by atoms with Gasteiger partial charge in [-0.1, -0.05) is 0 Å². The van der Waals surface area contributed by atoms with Crippen molar-refractivity contribution in [2.24, 2.45) is 5.92 Å². The van der Waals surface area contributed by atoms with Gasteiger partial charge in [-0.15, -0.1) is 11.8 Å². The Hall–Kier alpha value is -1.73. The van der Waals surface area contributed by atoms with Crippen LogP contribution < -0.4 is 5.32 Å². The summed E-state index contributed by atoms with van der Waals surface area (Å²) >= 11 is 1.70. The van der Waals surface area contributed by atoms with E-state index in [-0.39, 0.29) is 5.69 Å². The number of hydrogen-bond donors (Lipinski definition) is 1. The Kier molecular flexibility index (Phi) is 4.31. The van der Waals surface area contributed by atoms with Gasteiger partial charge in [-0.25, -0.2) is 4.98 Å². The van der Waals surface area contributed by atoms with Crippen LogP contribution >= 0.6 is 11.8 Å². The first kappa shape index (κ1) is 14.2. The molecular weight excluding hydrogens is 288 g/mol. The van der Waals surface area contributed by atoms with E-state index in [1.54, 1.807) is 24.0 Å². The maximum Gasteiger partial charge on any atom is 0.271 e. The summed E-state index contributed by atoms with van der Waals surface area (Å²) in [6.07, 6.45) is 4.19. The number of nitrogens with zero attached hydrogens (tertiary/aromatic N) is 3. The van der Waals surface area contributed by atoms with Gasteiger partial charge in [0, 0.05) is 17.9 Å². The van der Waals surface area contributed by atoms with Gasteiger partial charge in [0.15, 0.2) is 0 Å². The average Bonchev–Trinajstić information content (AvgIpc) is 2.53. The Morgan fingerprint density at radius 2 is 2.33 bits per heavy atom. The SMILES string of the molecule is O=[N+]([O-])c1ccc2nc(SC[C@H]3CCCNC3)cnc2c1. The van der Waals surface area contributed by atoms with Crippen molar-refractivity contribution in [3.63, 3.8) is 0 Å². The van der Waals surface area contributed by atoms with E-state index in [0.717, 1.165) is 23.9 Å². The number of rotatable bonds is 4. The number of hydrogen-bond acceptors (Lipinski definition) is 6. The van der Waals surface area contributed by atoms with Crippen LogP contribution in [0, 0.1) is 16.0 Å². The van der Waals surface area contributed by atoms with Crippen LogP contribution in [-0.2, 0) is 0 Å². The number of non-ortho nitro benzene ring substituents is 1. The number of aromatic nitrogens is 2. The van der Waals surface area contributed by atoms with Crippen molar-refractivity contribution in [1.29, 1.82) is 0 Å². The molecule has 0 spiro atoms. The van der Waals surface area contributed by atoms with Gasteiger partial charge in [0.1, 0.15) is 5.03 Å². The molecule has 1 saturated heterocycles. The molecule has 7 heteroatoms. The predicted molar refractivity (Wildman–Crippen MR) is 82.5 cm³/mol. The third kappa shape index (κ3) is 3.48. The number of nitro benzene ring substituents is 1. The quantitative estimate of drug-likeness (QED) is 0.531. The topological polar surface area (TPSA) is 81.0 Å². The van der Waals surface area contributed by atoms with Gasteiger partial charge in [-0.05, 0) is 37.9 Å². The maximum atomic E-state index is 10.7. The molecule has 1 aliphatic rings. The minimum absolute atomic E-state index is 0.0467. The first-order valence-electron chi connectivity index (χ1n) is 6.97. The second-order valence-electron chi connectivity index (χ2n) is 5.16. The van der Waals surface area contributed by atoms with Crippen molar-refractivity contribution < 1.29 is 4.92 Å². The van der Waals surface area contributed by atoms with E-state index in [0.29, 0.717) is 17.0 Å². The number of piperidine rings is 1. The lowest BCUT2D eigenvalue weighted by Crippen LogP contribution is -2.30. The third-order valence-electron chi connectivity index (χ3n) is 3.58. The van der Waals surface area contributed by atoms with Gasteiger partial charge in [0.2, 0.25) is 0 Å². The molecule has 1 atom stereocenters. The largest absolute Gasteiger partial charge is 0.316 e. The Morgan fingerprint density at radius 1 is 1.43 bits per heavy atom. The Morgan fingerprint density at radius 3 is 3.10 bits per heavy atom. The van der Waals surface area contributed by atoms with Crippen LogP contribution in [-0.4, -0.2) is 33.7 Å². The van der Waals surface area contributed by atoms with E-state index in [1.165, 1.54) is 25.0 Å². The van der Waals surface area contributed by atoms with E-state index in [2.05, 4.69) is 15.3 Å². The molecule has 1 fully saturated rings. The third-order valence-corrected chi connectivity index (χ3v) is 4.71. The van der Waals surface area contributed by atoms with Crippen molar-refractivity contribution in [2.45, 2.75) is 17.9 Å². The van der Waals surface area contributed by atoms with E-state index < -0.39 is 4.92 Å². The van der Waals surface area contributed by atoms with Crippen LogP contribution in [0.15, 0.2) is 29.4 Å². The Balaban J connectivity index is 1.71. The number of fused-ring (bicyclic) bond motifs is 1. The predicted octanol–water partition coefficient (Wildman–Crippen LogP) is 2.63. The van der Waals surface area contributed by atoms with Crippen molar-refractivity contribution in [3.8, 4) is 0 Å². The van der Waals surface area contributed by atoms with Crippen molar-refractivity contribution >= 4 is 28.5 Å². The zero-order valence-corrected chi connectivity index (χ0v) is 12.3. The average molecular weight is 304 g/mol. The molecule has 6 nitrogen and oxygen atoms in total. The van der Waals surface area contributed by atoms with Gasteiger partial charge in [0.05, 0.1) is 22.2 Å². The van der Waals surface area contributed by atoms with Crippen molar-refractivity contribution in [1.82, 2.24) is 15.3 Å². The summed E-state index contributed by atoms with van der Waals surface area (Å²) < 4.78 is 0. The summed E-state index contributed by atoms with van der Waals surface area (Å²) in [5, 5.41) is 15.0. The fourth-order valence-corrected chi connectivity index (χ4v) is 3.42. The second kappa shape index (κ2) is 6.36. The number of nitrogens with one attached hydrogen (secondary N) is 1. The van der Waals surface area contributed by atoms with Crippen molar-refractivity contribution in [2.75, 3.05) is 18.8 Å². The van der Waals surface area contributed by atoms with Crippen LogP contribution in [0.4, 0.5) is 5.69 Å². The van der Waals surface area contributed by atoms with Gasteiger partial charge in [-0.2, -0.15) is 0 Å². The zero-order valence-electron chi connectivity index (χ0n) is 11.5. The highest BCUT2D eigenvalue weighted by atomic mass is 32.2. The summed E-state index contributed by atoms with van der Waals surface area (Å²) in [6.45, 7) is 2.19. The van der Waals surface area contributed by atoms with E-state index >= 15 is 0 Å². The fourth-order valence-electron chi connectivity index (χ4n) is 2.43. The molecule has 2 heterocycles.